The van der Waals surface area contributed by atoms with Gasteiger partial charge in [-0.1, -0.05) is 23.2 Å². The number of nitrogens with one attached hydrogen (secondary N) is 1. The molecule has 17 heteroatoms. The molecule has 0 unspecified atom stereocenters. The molecule has 0 radical (unpaired) electrons. The van der Waals surface area contributed by atoms with Crippen LogP contribution in [0, 0.1) is 5.82 Å². The lowest BCUT2D eigenvalue weighted by atomic mass is 10.1. The largest absolute Gasteiger partial charge is 0.487 e. The molecule has 1 aromatic carbocycles. The molecule has 1 amide bonds. The third-order valence-corrected chi connectivity index (χ3v) is 6.97. The van der Waals surface area contributed by atoms with Gasteiger partial charge in [-0.15, -0.1) is 0 Å². The van der Waals surface area contributed by atoms with Gasteiger partial charge in [-0.25, -0.2) is 22.9 Å². The van der Waals surface area contributed by atoms with Crippen molar-refractivity contribution in [2.45, 2.75) is 38.2 Å². The molecule has 0 saturated carbocycles. The molecule has 1 aromatic heterocycles. The molecule has 3 rings (SSSR count). The molecule has 37 heavy (non-hydrogen) atoms. The fourth-order valence-electron chi connectivity index (χ4n) is 2.77. The van der Waals surface area contributed by atoms with Crippen LogP contribution in [0.4, 0.5) is 26.3 Å². The second-order valence-corrected chi connectivity index (χ2v) is 10.8. The molecule has 0 atom stereocenters. The number of rotatable bonds is 8. The lowest BCUT2D eigenvalue weighted by molar-refractivity contribution is -0.235. The van der Waals surface area contributed by atoms with Crippen molar-refractivity contribution >= 4 is 39.3 Å². The van der Waals surface area contributed by atoms with E-state index in [1.807, 2.05) is 0 Å². The molecular formula is C20H17Cl2F6N3O5S. The fourth-order valence-corrected chi connectivity index (χ4v) is 4.38. The highest BCUT2D eigenvalue weighted by molar-refractivity contribution is 7.87. The number of aromatic nitrogens is 1. The zero-order valence-electron chi connectivity index (χ0n) is 18.8. The number of hydrogen-bond acceptors (Lipinski definition) is 6. The number of benzene rings is 1. The lowest BCUT2D eigenvalue weighted by Gasteiger charge is -2.37. The standard InChI is InChI=1S/C20H17Cl2F6N3O5S/c1-18(2,20(26,27)28)36-17-14(22)4-11(6-29-17)35-7-10-3-15(23)12(5-13(10)21)16(32)30-37(33,34)31-8-19(24,25)9-31/h3-6H,7-9H2,1-2H3,(H,30,32). The van der Waals surface area contributed by atoms with Gasteiger partial charge in [-0.2, -0.15) is 25.9 Å². The average molecular weight is 596 g/mol. The first-order valence-electron chi connectivity index (χ1n) is 10.0. The van der Waals surface area contributed by atoms with E-state index >= 15 is 0 Å². The minimum Gasteiger partial charge on any atom is -0.487 e. The summed E-state index contributed by atoms with van der Waals surface area (Å²) >= 11 is 12.0. The summed E-state index contributed by atoms with van der Waals surface area (Å²) < 4.78 is 115. The smallest absolute Gasteiger partial charge is 0.427 e. The quantitative estimate of drug-likeness (QED) is 0.442. The molecule has 2 aromatic rings. The van der Waals surface area contributed by atoms with Crippen molar-refractivity contribution in [3.63, 3.8) is 0 Å². The van der Waals surface area contributed by atoms with E-state index in [2.05, 4.69) is 4.98 Å². The summed E-state index contributed by atoms with van der Waals surface area (Å²) in [5.41, 5.74) is -3.36. The maximum Gasteiger partial charge on any atom is 0.427 e. The van der Waals surface area contributed by atoms with E-state index in [1.165, 1.54) is 4.72 Å². The van der Waals surface area contributed by atoms with Crippen molar-refractivity contribution in [2.75, 3.05) is 13.1 Å². The van der Waals surface area contributed by atoms with Gasteiger partial charge in [-0.3, -0.25) is 4.79 Å². The van der Waals surface area contributed by atoms with Gasteiger partial charge in [-0.05, 0) is 26.0 Å². The maximum absolute atomic E-state index is 14.5. The summed E-state index contributed by atoms with van der Waals surface area (Å²) in [5.74, 6) is -6.40. The predicted molar refractivity (Wildman–Crippen MR) is 119 cm³/mol. The first kappa shape index (κ1) is 29.1. The van der Waals surface area contributed by atoms with Crippen LogP contribution in [0.5, 0.6) is 11.6 Å². The summed E-state index contributed by atoms with van der Waals surface area (Å²) in [7, 11) is -4.63. The van der Waals surface area contributed by atoms with Crippen molar-refractivity contribution in [3.05, 3.63) is 51.4 Å². The van der Waals surface area contributed by atoms with Gasteiger partial charge in [0.25, 0.3) is 11.8 Å². The van der Waals surface area contributed by atoms with Gasteiger partial charge >= 0.3 is 16.4 Å². The third-order valence-electron chi connectivity index (χ3n) is 4.97. The van der Waals surface area contributed by atoms with Crippen molar-refractivity contribution in [3.8, 4) is 11.6 Å². The Morgan fingerprint density at radius 1 is 1.16 bits per heavy atom. The van der Waals surface area contributed by atoms with Crippen LogP contribution >= 0.6 is 23.2 Å². The van der Waals surface area contributed by atoms with Crippen LogP contribution in [0.2, 0.25) is 10.0 Å². The van der Waals surface area contributed by atoms with Crippen molar-refractivity contribution in [1.29, 1.82) is 0 Å². The van der Waals surface area contributed by atoms with Crippen LogP contribution < -0.4 is 14.2 Å². The van der Waals surface area contributed by atoms with Gasteiger partial charge in [0, 0.05) is 16.7 Å². The summed E-state index contributed by atoms with van der Waals surface area (Å²) in [5, 5.41) is -0.523. The van der Waals surface area contributed by atoms with Crippen LogP contribution in [0.3, 0.4) is 0 Å². The molecule has 1 N–H and O–H groups in total. The van der Waals surface area contributed by atoms with Crippen molar-refractivity contribution < 1.29 is 49.0 Å². The number of halogens is 8. The molecule has 1 saturated heterocycles. The van der Waals surface area contributed by atoms with Gasteiger partial charge < -0.3 is 9.47 Å². The number of ether oxygens (including phenoxy) is 2. The summed E-state index contributed by atoms with van der Waals surface area (Å²) in [4.78, 5) is 15.9. The topological polar surface area (TPSA) is 97.8 Å². The minimum absolute atomic E-state index is 0.00406. The number of amides is 1. The number of alkyl halides is 5. The Balaban J connectivity index is 1.67. The minimum atomic E-state index is -4.70. The first-order valence-corrected chi connectivity index (χ1v) is 12.2. The van der Waals surface area contributed by atoms with E-state index in [4.69, 9.17) is 32.7 Å². The first-order chi connectivity index (χ1) is 16.8. The second kappa shape index (κ2) is 10.0. The Bertz CT molecular complexity index is 1320. The molecule has 0 spiro atoms. The van der Waals surface area contributed by atoms with E-state index in [0.29, 0.717) is 4.31 Å². The van der Waals surface area contributed by atoms with Crippen LogP contribution in [-0.2, 0) is 16.8 Å². The van der Waals surface area contributed by atoms with Gasteiger partial charge in [0.1, 0.15) is 23.2 Å². The Labute approximate surface area is 216 Å². The van der Waals surface area contributed by atoms with Crippen molar-refractivity contribution in [1.82, 2.24) is 14.0 Å². The number of carbonyl (C=O) groups is 1. The van der Waals surface area contributed by atoms with Gasteiger partial charge in [0.2, 0.25) is 5.88 Å². The Hall–Kier alpha value is -2.49. The molecular weight excluding hydrogens is 579 g/mol. The molecule has 1 fully saturated rings. The van der Waals surface area contributed by atoms with E-state index < -0.39 is 70.8 Å². The predicted octanol–water partition coefficient (Wildman–Crippen LogP) is 4.75. The third kappa shape index (κ3) is 6.69. The molecule has 0 bridgehead atoms. The monoisotopic (exact) mass is 595 g/mol. The normalized spacial score (nSPS) is 16.2. The molecule has 1 aliphatic heterocycles. The van der Waals surface area contributed by atoms with Crippen LogP contribution in [0.15, 0.2) is 24.4 Å². The van der Waals surface area contributed by atoms with Gasteiger partial charge in [0.05, 0.1) is 24.8 Å². The van der Waals surface area contributed by atoms with E-state index in [1.54, 1.807) is 0 Å². The number of pyridine rings is 1. The molecule has 1 aliphatic rings. The Kier molecular flexibility index (Phi) is 7.86. The second-order valence-electron chi connectivity index (χ2n) is 8.34. The zero-order chi connectivity index (χ0) is 28.0. The molecule has 204 valence electrons. The highest BCUT2D eigenvalue weighted by atomic mass is 35.5. The average Bonchev–Trinajstić information content (AvgIpc) is 2.72. The van der Waals surface area contributed by atoms with Gasteiger partial charge in [0.15, 0.2) is 5.60 Å². The number of hydrogen-bond donors (Lipinski definition) is 1. The molecule has 2 heterocycles. The summed E-state index contributed by atoms with van der Waals surface area (Å²) in [6, 6.07) is 2.69. The highest BCUT2D eigenvalue weighted by Gasteiger charge is 2.51. The van der Waals surface area contributed by atoms with Crippen LogP contribution in [0.1, 0.15) is 29.8 Å². The number of carbonyl (C=O) groups excluding carboxylic acids is 1. The maximum atomic E-state index is 14.5. The van der Waals surface area contributed by atoms with E-state index in [-0.39, 0.29) is 21.4 Å². The Morgan fingerprint density at radius 3 is 2.32 bits per heavy atom. The van der Waals surface area contributed by atoms with E-state index in [9.17, 15) is 39.6 Å². The Morgan fingerprint density at radius 2 is 1.78 bits per heavy atom. The fraction of sp³-hybridized carbons (Fsp3) is 0.400. The number of nitrogens with zero attached hydrogens (tertiary/aromatic N) is 2. The van der Waals surface area contributed by atoms with E-state index in [0.717, 1.165) is 38.2 Å². The molecule has 8 nitrogen and oxygen atoms in total. The zero-order valence-corrected chi connectivity index (χ0v) is 21.1. The van der Waals surface area contributed by atoms with Crippen LogP contribution in [0.25, 0.3) is 0 Å². The highest BCUT2D eigenvalue weighted by Crippen LogP contribution is 2.37. The SMILES string of the molecule is CC(C)(Oc1ncc(OCc2cc(F)c(C(=O)NS(=O)(=O)N3CC(F)(F)C3)cc2Cl)cc1Cl)C(F)(F)F. The van der Waals surface area contributed by atoms with Crippen molar-refractivity contribution in [2.24, 2.45) is 0 Å². The van der Waals surface area contributed by atoms with Crippen LogP contribution in [-0.4, -0.2) is 54.4 Å². The lowest BCUT2D eigenvalue weighted by Crippen LogP contribution is -2.61. The summed E-state index contributed by atoms with van der Waals surface area (Å²) in [6.07, 6.45) is -3.70. The summed E-state index contributed by atoms with van der Waals surface area (Å²) in [6.45, 7) is -1.09. The molecule has 0 aliphatic carbocycles.